The monoisotopic (exact) mass is 182 g/mol. The summed E-state index contributed by atoms with van der Waals surface area (Å²) in [5.74, 6) is 0. The van der Waals surface area contributed by atoms with Gasteiger partial charge in [-0.05, 0) is 13.3 Å². The van der Waals surface area contributed by atoms with Crippen LogP contribution in [0.15, 0.2) is 24.8 Å². The van der Waals surface area contributed by atoms with Gasteiger partial charge in [0.05, 0.1) is 12.7 Å². The van der Waals surface area contributed by atoms with E-state index >= 15 is 0 Å². The summed E-state index contributed by atoms with van der Waals surface area (Å²) in [6.07, 6.45) is 6.87. The van der Waals surface area contributed by atoms with Gasteiger partial charge in [0.2, 0.25) is 0 Å². The summed E-state index contributed by atoms with van der Waals surface area (Å²) in [5.41, 5.74) is 1.12. The highest BCUT2D eigenvalue weighted by Gasteiger charge is 2.07. The Labute approximate surface area is 82.5 Å². The van der Waals surface area contributed by atoms with Gasteiger partial charge >= 0.3 is 0 Å². The van der Waals surface area contributed by atoms with Gasteiger partial charge in [-0.15, -0.1) is 6.58 Å². The lowest BCUT2D eigenvalue weighted by atomic mass is 10.1. The Morgan fingerprint density at radius 1 is 1.46 bits per heavy atom. The molecule has 0 fully saturated rings. The Morgan fingerprint density at radius 2 is 2.15 bits per heavy atom. The largest absolute Gasteiger partial charge is 0.370 e. The maximum absolute atomic E-state index is 5.58. The quantitative estimate of drug-likeness (QED) is 0.410. The zero-order valence-electron chi connectivity index (χ0n) is 9.01. The van der Waals surface area contributed by atoms with E-state index in [2.05, 4.69) is 20.1 Å². The van der Waals surface area contributed by atoms with Crippen LogP contribution in [0.4, 0.5) is 0 Å². The fourth-order valence-corrected chi connectivity index (χ4v) is 1.24. The molecule has 0 N–H and O–H groups in total. The minimum Gasteiger partial charge on any atom is -0.370 e. The van der Waals surface area contributed by atoms with Crippen molar-refractivity contribution in [3.05, 3.63) is 24.8 Å². The third-order valence-corrected chi connectivity index (χ3v) is 2.03. The predicted molar refractivity (Wildman–Crippen MR) is 58.9 cm³/mol. The van der Waals surface area contributed by atoms with E-state index in [1.807, 2.05) is 6.92 Å². The summed E-state index contributed by atoms with van der Waals surface area (Å²) in [5, 5.41) is 0. The van der Waals surface area contributed by atoms with Gasteiger partial charge in [-0.2, -0.15) is 0 Å². The van der Waals surface area contributed by atoms with Crippen LogP contribution in [-0.2, 0) is 4.74 Å². The van der Waals surface area contributed by atoms with Crippen LogP contribution in [0.25, 0.3) is 0 Å². The molecule has 0 bridgehead atoms. The number of hydrogen-bond acceptors (Lipinski definition) is 1. The van der Waals surface area contributed by atoms with Crippen molar-refractivity contribution in [1.29, 1.82) is 0 Å². The molecule has 0 rings (SSSR count). The van der Waals surface area contributed by atoms with Gasteiger partial charge in [0.15, 0.2) is 0 Å². The summed E-state index contributed by atoms with van der Waals surface area (Å²) in [6.45, 7) is 12.4. The van der Waals surface area contributed by atoms with E-state index in [9.17, 15) is 0 Å². The lowest BCUT2D eigenvalue weighted by Gasteiger charge is -2.16. The topological polar surface area (TPSA) is 9.23 Å². The fourth-order valence-electron chi connectivity index (χ4n) is 1.24. The number of ether oxygens (including phenoxy) is 1. The highest BCUT2D eigenvalue weighted by Crippen LogP contribution is 2.13. The van der Waals surface area contributed by atoms with Gasteiger partial charge in [-0.1, -0.05) is 44.4 Å². The molecule has 13 heavy (non-hydrogen) atoms. The molecule has 0 spiro atoms. The smallest absolute Gasteiger partial charge is 0.0784 e. The molecule has 0 radical (unpaired) electrons. The molecule has 1 heteroatoms. The van der Waals surface area contributed by atoms with Crippen LogP contribution in [0.2, 0.25) is 0 Å². The van der Waals surface area contributed by atoms with Crippen molar-refractivity contribution >= 4 is 0 Å². The number of unbranched alkanes of at least 4 members (excludes halogenated alkanes) is 2. The maximum Gasteiger partial charge on any atom is 0.0784 e. The van der Waals surface area contributed by atoms with Gasteiger partial charge in [-0.3, -0.25) is 0 Å². The van der Waals surface area contributed by atoms with Gasteiger partial charge < -0.3 is 4.74 Å². The summed E-state index contributed by atoms with van der Waals surface area (Å²) >= 11 is 0. The van der Waals surface area contributed by atoms with Crippen molar-refractivity contribution in [2.24, 2.45) is 0 Å². The first kappa shape index (κ1) is 12.4. The van der Waals surface area contributed by atoms with E-state index in [1.54, 1.807) is 6.08 Å². The van der Waals surface area contributed by atoms with Crippen molar-refractivity contribution < 1.29 is 4.74 Å². The molecule has 1 nitrogen and oxygen atoms in total. The van der Waals surface area contributed by atoms with Crippen LogP contribution >= 0.6 is 0 Å². The van der Waals surface area contributed by atoms with E-state index in [1.165, 1.54) is 19.3 Å². The molecule has 1 unspecified atom stereocenters. The van der Waals surface area contributed by atoms with E-state index in [0.717, 1.165) is 12.0 Å². The SMILES string of the molecule is C=CCOC(CCCCC)C(=C)C. The standard InChI is InChI=1S/C12H22O/c1-5-7-8-9-12(11(3)4)13-10-6-2/h6,12H,2-3,5,7-10H2,1,4H3. The van der Waals surface area contributed by atoms with Crippen LogP contribution in [-0.4, -0.2) is 12.7 Å². The van der Waals surface area contributed by atoms with Crippen molar-refractivity contribution in [2.45, 2.75) is 45.6 Å². The van der Waals surface area contributed by atoms with E-state index in [4.69, 9.17) is 4.74 Å². The molecular formula is C12H22O. The maximum atomic E-state index is 5.58. The Balaban J connectivity index is 3.66. The van der Waals surface area contributed by atoms with Crippen molar-refractivity contribution in [3.63, 3.8) is 0 Å². The summed E-state index contributed by atoms with van der Waals surface area (Å²) in [6, 6.07) is 0. The van der Waals surface area contributed by atoms with Crippen LogP contribution in [0.1, 0.15) is 39.5 Å². The molecule has 0 aliphatic rings. The third kappa shape index (κ3) is 6.59. The van der Waals surface area contributed by atoms with Gasteiger partial charge in [-0.25, -0.2) is 0 Å². The van der Waals surface area contributed by atoms with Crippen molar-refractivity contribution in [1.82, 2.24) is 0 Å². The summed E-state index contributed by atoms with van der Waals surface area (Å²) < 4.78 is 5.58. The Kier molecular flexibility index (Phi) is 7.71. The zero-order chi connectivity index (χ0) is 10.1. The minimum atomic E-state index is 0.226. The van der Waals surface area contributed by atoms with Gasteiger partial charge in [0, 0.05) is 0 Å². The highest BCUT2D eigenvalue weighted by atomic mass is 16.5. The lowest BCUT2D eigenvalue weighted by molar-refractivity contribution is 0.0925. The zero-order valence-corrected chi connectivity index (χ0v) is 9.01. The molecule has 1 atom stereocenters. The molecular weight excluding hydrogens is 160 g/mol. The molecule has 0 heterocycles. The molecule has 0 saturated heterocycles. The number of hydrogen-bond donors (Lipinski definition) is 0. The second-order valence-electron chi connectivity index (χ2n) is 3.45. The van der Waals surface area contributed by atoms with Crippen molar-refractivity contribution in [2.75, 3.05) is 6.61 Å². The molecule has 0 saturated carbocycles. The van der Waals surface area contributed by atoms with E-state index in [0.29, 0.717) is 6.61 Å². The molecule has 0 aromatic heterocycles. The van der Waals surface area contributed by atoms with Gasteiger partial charge in [0.25, 0.3) is 0 Å². The van der Waals surface area contributed by atoms with Crippen LogP contribution in [0, 0.1) is 0 Å². The first-order chi connectivity index (χ1) is 6.22. The van der Waals surface area contributed by atoms with E-state index in [-0.39, 0.29) is 6.10 Å². The van der Waals surface area contributed by atoms with Crippen LogP contribution in [0.5, 0.6) is 0 Å². The number of rotatable bonds is 8. The Morgan fingerprint density at radius 3 is 2.62 bits per heavy atom. The molecule has 0 aliphatic heterocycles. The summed E-state index contributed by atoms with van der Waals surface area (Å²) in [7, 11) is 0. The second kappa shape index (κ2) is 8.06. The Hall–Kier alpha value is -0.560. The van der Waals surface area contributed by atoms with Crippen LogP contribution in [0.3, 0.4) is 0 Å². The first-order valence-corrected chi connectivity index (χ1v) is 5.10. The minimum absolute atomic E-state index is 0.226. The lowest BCUT2D eigenvalue weighted by Crippen LogP contribution is -2.13. The molecule has 0 amide bonds. The molecule has 0 aromatic rings. The van der Waals surface area contributed by atoms with Crippen molar-refractivity contribution in [3.8, 4) is 0 Å². The van der Waals surface area contributed by atoms with Gasteiger partial charge in [0.1, 0.15) is 0 Å². The van der Waals surface area contributed by atoms with Crippen LogP contribution < -0.4 is 0 Å². The first-order valence-electron chi connectivity index (χ1n) is 5.10. The average Bonchev–Trinajstić information content (AvgIpc) is 2.10. The van der Waals surface area contributed by atoms with E-state index < -0.39 is 0 Å². The fraction of sp³-hybridized carbons (Fsp3) is 0.667. The molecule has 0 aliphatic carbocycles. The normalized spacial score (nSPS) is 12.5. The predicted octanol–water partition coefficient (Wildman–Crippen LogP) is 3.71. The molecule has 76 valence electrons. The summed E-state index contributed by atoms with van der Waals surface area (Å²) in [4.78, 5) is 0. The second-order valence-corrected chi connectivity index (χ2v) is 3.45. The average molecular weight is 182 g/mol. The third-order valence-electron chi connectivity index (χ3n) is 2.03. The Bertz CT molecular complexity index is 149. The highest BCUT2D eigenvalue weighted by molar-refractivity contribution is 4.97. The molecule has 0 aromatic carbocycles.